The fraction of sp³-hybridized carbons (Fsp3) is 0.167. The fourth-order valence-corrected chi connectivity index (χ4v) is 1.95. The second-order valence-electron chi connectivity index (χ2n) is 4.55. The third kappa shape index (κ3) is 4.92. The van der Waals surface area contributed by atoms with Crippen molar-refractivity contribution in [2.45, 2.75) is 19.3 Å². The highest BCUT2D eigenvalue weighted by Gasteiger charge is 1.98. The molecule has 0 aliphatic rings. The van der Waals surface area contributed by atoms with Gasteiger partial charge in [-0.05, 0) is 30.0 Å². The molecular formula is C18H18O. The van der Waals surface area contributed by atoms with Crippen LogP contribution < -0.4 is 0 Å². The monoisotopic (exact) mass is 250 g/mol. The Morgan fingerprint density at radius 3 is 2.21 bits per heavy atom. The Labute approximate surface area is 114 Å². The molecule has 0 saturated carbocycles. The van der Waals surface area contributed by atoms with E-state index in [0.29, 0.717) is 6.42 Å². The summed E-state index contributed by atoms with van der Waals surface area (Å²) in [4.78, 5) is 11.7. The predicted octanol–water partition coefficient (Wildman–Crippen LogP) is 4.29. The van der Waals surface area contributed by atoms with Crippen molar-refractivity contribution in [1.29, 1.82) is 0 Å². The quantitative estimate of drug-likeness (QED) is 0.699. The number of hydrogen-bond donors (Lipinski definition) is 0. The normalized spacial score (nSPS) is 10.7. The molecule has 0 aromatic heterocycles. The van der Waals surface area contributed by atoms with Gasteiger partial charge in [-0.3, -0.25) is 4.79 Å². The lowest BCUT2D eigenvalue weighted by Gasteiger charge is -1.99. The Balaban J connectivity index is 1.75. The molecule has 2 rings (SSSR count). The molecule has 0 saturated heterocycles. The second kappa shape index (κ2) is 7.32. The first kappa shape index (κ1) is 13.3. The summed E-state index contributed by atoms with van der Waals surface area (Å²) in [5.74, 6) is 0.194. The van der Waals surface area contributed by atoms with Gasteiger partial charge in [0, 0.05) is 6.42 Å². The zero-order valence-electron chi connectivity index (χ0n) is 11.0. The molecular weight excluding hydrogens is 232 g/mol. The molecule has 1 heteroatoms. The van der Waals surface area contributed by atoms with Gasteiger partial charge in [-0.1, -0.05) is 66.7 Å². The van der Waals surface area contributed by atoms with Crippen molar-refractivity contribution in [1.82, 2.24) is 0 Å². The summed E-state index contributed by atoms with van der Waals surface area (Å²) in [7, 11) is 0. The van der Waals surface area contributed by atoms with E-state index >= 15 is 0 Å². The van der Waals surface area contributed by atoms with Crippen LogP contribution in [0.3, 0.4) is 0 Å². The molecule has 0 aliphatic heterocycles. The lowest BCUT2D eigenvalue weighted by molar-refractivity contribution is -0.114. The van der Waals surface area contributed by atoms with Crippen LogP contribution in [0, 0.1) is 0 Å². The van der Waals surface area contributed by atoms with E-state index in [-0.39, 0.29) is 5.78 Å². The Bertz CT molecular complexity index is 526. The molecule has 0 N–H and O–H groups in total. The van der Waals surface area contributed by atoms with Crippen LogP contribution in [0.5, 0.6) is 0 Å². The van der Waals surface area contributed by atoms with Crippen LogP contribution in [0.4, 0.5) is 0 Å². The van der Waals surface area contributed by atoms with Gasteiger partial charge in [0.05, 0.1) is 0 Å². The molecule has 0 atom stereocenters. The molecule has 1 nitrogen and oxygen atoms in total. The SMILES string of the molecule is O=C(/C=C/c1ccccc1)CCCc1ccccc1. The summed E-state index contributed by atoms with van der Waals surface area (Å²) in [5, 5.41) is 0. The average Bonchev–Trinajstić information content (AvgIpc) is 2.47. The van der Waals surface area contributed by atoms with Crippen molar-refractivity contribution >= 4 is 11.9 Å². The molecule has 0 radical (unpaired) electrons. The number of rotatable bonds is 6. The van der Waals surface area contributed by atoms with Crippen LogP contribution in [-0.4, -0.2) is 5.78 Å². The number of benzene rings is 2. The third-order valence-corrected chi connectivity index (χ3v) is 2.99. The largest absolute Gasteiger partial charge is 0.295 e. The third-order valence-electron chi connectivity index (χ3n) is 2.99. The topological polar surface area (TPSA) is 17.1 Å². The van der Waals surface area contributed by atoms with Gasteiger partial charge in [0.15, 0.2) is 5.78 Å². The lowest BCUT2D eigenvalue weighted by atomic mass is 10.1. The maximum atomic E-state index is 11.7. The van der Waals surface area contributed by atoms with E-state index in [0.717, 1.165) is 18.4 Å². The Kier molecular flexibility index (Phi) is 5.12. The lowest BCUT2D eigenvalue weighted by Crippen LogP contribution is -1.94. The minimum atomic E-state index is 0.194. The Morgan fingerprint density at radius 1 is 0.895 bits per heavy atom. The van der Waals surface area contributed by atoms with Crippen molar-refractivity contribution in [2.75, 3.05) is 0 Å². The number of ketones is 1. The summed E-state index contributed by atoms with van der Waals surface area (Å²) < 4.78 is 0. The van der Waals surface area contributed by atoms with Gasteiger partial charge in [0.1, 0.15) is 0 Å². The predicted molar refractivity (Wildman–Crippen MR) is 79.9 cm³/mol. The van der Waals surface area contributed by atoms with Crippen LogP contribution in [0.25, 0.3) is 6.08 Å². The zero-order chi connectivity index (χ0) is 13.3. The zero-order valence-corrected chi connectivity index (χ0v) is 11.0. The fourth-order valence-electron chi connectivity index (χ4n) is 1.95. The van der Waals surface area contributed by atoms with E-state index in [1.165, 1.54) is 5.56 Å². The van der Waals surface area contributed by atoms with Gasteiger partial charge in [-0.25, -0.2) is 0 Å². The Hall–Kier alpha value is -2.15. The first-order chi connectivity index (χ1) is 9.34. The van der Waals surface area contributed by atoms with E-state index in [9.17, 15) is 4.79 Å². The number of carbonyl (C=O) groups is 1. The number of carbonyl (C=O) groups excluding carboxylic acids is 1. The van der Waals surface area contributed by atoms with Gasteiger partial charge in [-0.2, -0.15) is 0 Å². The second-order valence-corrected chi connectivity index (χ2v) is 4.55. The van der Waals surface area contributed by atoms with Crippen LogP contribution in [0.1, 0.15) is 24.0 Å². The van der Waals surface area contributed by atoms with Crippen molar-refractivity contribution < 1.29 is 4.79 Å². The molecule has 96 valence electrons. The molecule has 0 aliphatic carbocycles. The summed E-state index contributed by atoms with van der Waals surface area (Å²) >= 11 is 0. The van der Waals surface area contributed by atoms with Gasteiger partial charge in [0.2, 0.25) is 0 Å². The molecule has 0 fully saturated rings. The number of hydrogen-bond acceptors (Lipinski definition) is 1. The first-order valence-electron chi connectivity index (χ1n) is 6.64. The summed E-state index contributed by atoms with van der Waals surface area (Å²) in [5.41, 5.74) is 2.36. The van der Waals surface area contributed by atoms with Gasteiger partial charge in [-0.15, -0.1) is 0 Å². The van der Waals surface area contributed by atoms with E-state index in [4.69, 9.17) is 0 Å². The van der Waals surface area contributed by atoms with E-state index < -0.39 is 0 Å². The van der Waals surface area contributed by atoms with Crippen molar-refractivity contribution in [2.24, 2.45) is 0 Å². The average molecular weight is 250 g/mol. The van der Waals surface area contributed by atoms with Gasteiger partial charge in [0.25, 0.3) is 0 Å². The number of aryl methyl sites for hydroxylation is 1. The maximum absolute atomic E-state index is 11.7. The molecule has 0 heterocycles. The summed E-state index contributed by atoms with van der Waals surface area (Å²) in [6.45, 7) is 0. The smallest absolute Gasteiger partial charge is 0.155 e. The standard InChI is InChI=1S/C18H18O/c19-18(15-14-17-10-5-2-6-11-17)13-7-12-16-8-3-1-4-9-16/h1-6,8-11,14-15H,7,12-13H2/b15-14+. The van der Waals surface area contributed by atoms with Crippen LogP contribution in [-0.2, 0) is 11.2 Å². The highest BCUT2D eigenvalue weighted by molar-refractivity contribution is 5.93. The van der Waals surface area contributed by atoms with Crippen LogP contribution in [0.2, 0.25) is 0 Å². The van der Waals surface area contributed by atoms with E-state index in [2.05, 4.69) is 12.1 Å². The highest BCUT2D eigenvalue weighted by Crippen LogP contribution is 2.06. The van der Waals surface area contributed by atoms with Gasteiger partial charge < -0.3 is 0 Å². The van der Waals surface area contributed by atoms with Crippen LogP contribution in [0.15, 0.2) is 66.7 Å². The molecule has 0 unspecified atom stereocenters. The molecule has 0 amide bonds. The minimum Gasteiger partial charge on any atom is -0.295 e. The molecule has 19 heavy (non-hydrogen) atoms. The Morgan fingerprint density at radius 2 is 1.53 bits per heavy atom. The van der Waals surface area contributed by atoms with Crippen molar-refractivity contribution in [3.8, 4) is 0 Å². The minimum absolute atomic E-state index is 0.194. The van der Waals surface area contributed by atoms with Crippen molar-refractivity contribution in [3.05, 3.63) is 77.9 Å². The summed E-state index contributed by atoms with van der Waals surface area (Å²) in [6.07, 6.45) is 6.04. The molecule has 0 spiro atoms. The van der Waals surface area contributed by atoms with Crippen molar-refractivity contribution in [3.63, 3.8) is 0 Å². The van der Waals surface area contributed by atoms with Gasteiger partial charge >= 0.3 is 0 Å². The molecule has 0 bridgehead atoms. The van der Waals surface area contributed by atoms with E-state index in [1.807, 2.05) is 54.6 Å². The first-order valence-corrected chi connectivity index (χ1v) is 6.64. The maximum Gasteiger partial charge on any atom is 0.155 e. The highest BCUT2D eigenvalue weighted by atomic mass is 16.1. The number of allylic oxidation sites excluding steroid dienone is 1. The molecule has 2 aromatic rings. The van der Waals surface area contributed by atoms with Crippen LogP contribution >= 0.6 is 0 Å². The molecule has 2 aromatic carbocycles. The van der Waals surface area contributed by atoms with E-state index in [1.54, 1.807) is 6.08 Å². The summed E-state index contributed by atoms with van der Waals surface area (Å²) in [6, 6.07) is 20.2.